The number of nitrogens with one attached hydrogen (secondary N) is 2. The summed E-state index contributed by atoms with van der Waals surface area (Å²) in [6.45, 7) is 3.05. The number of esters is 1. The molecule has 2 aromatic rings. The quantitative estimate of drug-likeness (QED) is 0.844. The Kier molecular flexibility index (Phi) is 4.32. The smallest absolute Gasteiger partial charge is 0.357 e. The Balaban J connectivity index is 1.96. The molecule has 0 spiro atoms. The molecular weight excluding hydrogens is 277 g/mol. The Morgan fingerprint density at radius 1 is 1.38 bits per heavy atom. The molecule has 2 rings (SSSR count). The molecule has 0 fully saturated rings. The maximum absolute atomic E-state index is 13.4. The number of carbonyl (C=O) groups is 2. The lowest BCUT2D eigenvalue weighted by Crippen LogP contribution is -2.30. The number of aromatic nitrogens is 2. The van der Waals surface area contributed by atoms with E-state index in [4.69, 9.17) is 4.74 Å². The number of aryl methyl sites for hydroxylation is 1. The van der Waals surface area contributed by atoms with E-state index in [1.165, 1.54) is 25.3 Å². The van der Waals surface area contributed by atoms with E-state index in [2.05, 4.69) is 15.5 Å². The number of carbonyl (C=O) groups excluding carboxylic acids is 2. The van der Waals surface area contributed by atoms with Crippen LogP contribution in [0.15, 0.2) is 30.5 Å². The molecule has 6 nitrogen and oxygen atoms in total. The van der Waals surface area contributed by atoms with Crippen LogP contribution < -0.4 is 5.32 Å². The van der Waals surface area contributed by atoms with Gasteiger partial charge in [0.1, 0.15) is 11.5 Å². The molecule has 0 saturated heterocycles. The molecule has 2 N–H and O–H groups in total. The SMILES string of the molecule is Cc1ccc(NC(=O)C(C)OC(=O)c2ccn[nH]2)cc1F. The van der Waals surface area contributed by atoms with Crippen molar-refractivity contribution in [2.45, 2.75) is 20.0 Å². The zero-order chi connectivity index (χ0) is 15.4. The molecule has 0 aliphatic heterocycles. The number of nitrogens with zero attached hydrogens (tertiary/aromatic N) is 1. The van der Waals surface area contributed by atoms with Gasteiger partial charge in [0.05, 0.1) is 0 Å². The molecule has 1 aromatic carbocycles. The minimum Gasteiger partial charge on any atom is -0.448 e. The minimum absolute atomic E-state index is 0.149. The van der Waals surface area contributed by atoms with E-state index in [1.807, 2.05) is 0 Å². The van der Waals surface area contributed by atoms with Crippen LogP contribution in [0.2, 0.25) is 0 Å². The van der Waals surface area contributed by atoms with Crippen LogP contribution in [0.25, 0.3) is 0 Å². The molecule has 7 heteroatoms. The van der Waals surface area contributed by atoms with Gasteiger partial charge in [-0.15, -0.1) is 0 Å². The number of anilines is 1. The lowest BCUT2D eigenvalue weighted by Gasteiger charge is -2.13. The Labute approximate surface area is 120 Å². The van der Waals surface area contributed by atoms with Gasteiger partial charge in [0.15, 0.2) is 6.10 Å². The maximum Gasteiger partial charge on any atom is 0.357 e. The second-order valence-corrected chi connectivity index (χ2v) is 4.47. The van der Waals surface area contributed by atoms with Crippen molar-refractivity contribution in [2.75, 3.05) is 5.32 Å². The third-order valence-electron chi connectivity index (χ3n) is 2.81. The molecule has 110 valence electrons. The molecule has 21 heavy (non-hydrogen) atoms. The molecule has 1 aromatic heterocycles. The van der Waals surface area contributed by atoms with Crippen molar-refractivity contribution in [1.29, 1.82) is 0 Å². The second kappa shape index (κ2) is 6.17. The Morgan fingerprint density at radius 2 is 2.14 bits per heavy atom. The van der Waals surface area contributed by atoms with Gasteiger partial charge in [-0.3, -0.25) is 9.89 Å². The second-order valence-electron chi connectivity index (χ2n) is 4.47. The summed E-state index contributed by atoms with van der Waals surface area (Å²) in [5, 5.41) is 8.53. The van der Waals surface area contributed by atoms with Crippen LogP contribution in [0.4, 0.5) is 10.1 Å². The molecular formula is C14H14FN3O3. The van der Waals surface area contributed by atoms with E-state index < -0.39 is 23.8 Å². The molecule has 0 aliphatic carbocycles. The van der Waals surface area contributed by atoms with Crippen LogP contribution in [0.5, 0.6) is 0 Å². The van der Waals surface area contributed by atoms with Crippen LogP contribution in [-0.4, -0.2) is 28.2 Å². The standard InChI is InChI=1S/C14H14FN3O3/c1-8-3-4-10(7-11(8)15)17-13(19)9(2)21-14(20)12-5-6-16-18-12/h3-7,9H,1-2H3,(H,16,18)(H,17,19). The number of aromatic amines is 1. The fourth-order valence-electron chi connectivity index (χ4n) is 1.56. The van der Waals surface area contributed by atoms with Crippen molar-refractivity contribution in [3.05, 3.63) is 47.5 Å². The zero-order valence-electron chi connectivity index (χ0n) is 11.5. The van der Waals surface area contributed by atoms with E-state index in [9.17, 15) is 14.0 Å². The molecule has 1 atom stereocenters. The number of hydrogen-bond acceptors (Lipinski definition) is 4. The van der Waals surface area contributed by atoms with Crippen molar-refractivity contribution < 1.29 is 18.7 Å². The summed E-state index contributed by atoms with van der Waals surface area (Å²) >= 11 is 0. The maximum atomic E-state index is 13.4. The molecule has 1 amide bonds. The summed E-state index contributed by atoms with van der Waals surface area (Å²) in [4.78, 5) is 23.5. The molecule has 0 radical (unpaired) electrons. The topological polar surface area (TPSA) is 84.1 Å². The molecule has 0 aliphatic rings. The monoisotopic (exact) mass is 291 g/mol. The van der Waals surface area contributed by atoms with Crippen LogP contribution >= 0.6 is 0 Å². The van der Waals surface area contributed by atoms with Crippen molar-refractivity contribution in [1.82, 2.24) is 10.2 Å². The average Bonchev–Trinajstić information content (AvgIpc) is 2.97. The highest BCUT2D eigenvalue weighted by molar-refractivity contribution is 5.96. The van der Waals surface area contributed by atoms with Crippen LogP contribution in [0.3, 0.4) is 0 Å². The highest BCUT2D eigenvalue weighted by atomic mass is 19.1. The van der Waals surface area contributed by atoms with Gasteiger partial charge >= 0.3 is 5.97 Å². The highest BCUT2D eigenvalue weighted by Crippen LogP contribution is 2.14. The Morgan fingerprint density at radius 3 is 2.76 bits per heavy atom. The first-order valence-electron chi connectivity index (χ1n) is 6.24. The van der Waals surface area contributed by atoms with Gasteiger partial charge in [0.25, 0.3) is 5.91 Å². The van der Waals surface area contributed by atoms with E-state index >= 15 is 0 Å². The third-order valence-corrected chi connectivity index (χ3v) is 2.81. The van der Waals surface area contributed by atoms with E-state index in [1.54, 1.807) is 19.1 Å². The van der Waals surface area contributed by atoms with Gasteiger partial charge in [-0.2, -0.15) is 5.10 Å². The van der Waals surface area contributed by atoms with Crippen molar-refractivity contribution >= 4 is 17.6 Å². The van der Waals surface area contributed by atoms with Gasteiger partial charge in [-0.25, -0.2) is 9.18 Å². The van der Waals surface area contributed by atoms with Crippen LogP contribution in [-0.2, 0) is 9.53 Å². The summed E-state index contributed by atoms with van der Waals surface area (Å²) < 4.78 is 18.3. The van der Waals surface area contributed by atoms with E-state index in [-0.39, 0.29) is 5.69 Å². The van der Waals surface area contributed by atoms with Gasteiger partial charge in [0.2, 0.25) is 0 Å². The summed E-state index contributed by atoms with van der Waals surface area (Å²) in [6, 6.07) is 5.75. The number of hydrogen-bond donors (Lipinski definition) is 2. The number of amides is 1. The lowest BCUT2D eigenvalue weighted by atomic mass is 10.2. The fourth-order valence-corrected chi connectivity index (χ4v) is 1.56. The fraction of sp³-hybridized carbons (Fsp3) is 0.214. The van der Waals surface area contributed by atoms with Crippen molar-refractivity contribution in [3.63, 3.8) is 0 Å². The van der Waals surface area contributed by atoms with E-state index in [0.717, 1.165) is 0 Å². The minimum atomic E-state index is -1.02. The number of rotatable bonds is 4. The van der Waals surface area contributed by atoms with Gasteiger partial charge in [-0.1, -0.05) is 6.07 Å². The summed E-state index contributed by atoms with van der Waals surface area (Å²) in [6.07, 6.45) is 0.376. The molecule has 1 heterocycles. The molecule has 0 bridgehead atoms. The molecule has 0 saturated carbocycles. The highest BCUT2D eigenvalue weighted by Gasteiger charge is 2.19. The number of ether oxygens (including phenoxy) is 1. The third kappa shape index (κ3) is 3.65. The number of H-pyrrole nitrogens is 1. The first-order valence-corrected chi connectivity index (χ1v) is 6.24. The summed E-state index contributed by atoms with van der Waals surface area (Å²) in [7, 11) is 0. The zero-order valence-corrected chi connectivity index (χ0v) is 11.5. The largest absolute Gasteiger partial charge is 0.448 e. The predicted molar refractivity (Wildman–Crippen MR) is 73.2 cm³/mol. The first-order chi connectivity index (χ1) is 9.97. The van der Waals surface area contributed by atoms with Gasteiger partial charge in [-0.05, 0) is 37.6 Å². The average molecular weight is 291 g/mol. The Hall–Kier alpha value is -2.70. The first kappa shape index (κ1) is 14.7. The van der Waals surface area contributed by atoms with Crippen molar-refractivity contribution in [2.24, 2.45) is 0 Å². The number of benzene rings is 1. The van der Waals surface area contributed by atoms with Crippen molar-refractivity contribution in [3.8, 4) is 0 Å². The van der Waals surface area contributed by atoms with Crippen LogP contribution in [0, 0.1) is 12.7 Å². The predicted octanol–water partition coefficient (Wildman–Crippen LogP) is 2.04. The lowest BCUT2D eigenvalue weighted by molar-refractivity contribution is -0.123. The van der Waals surface area contributed by atoms with Crippen LogP contribution in [0.1, 0.15) is 23.0 Å². The Bertz CT molecular complexity index is 655. The normalized spacial score (nSPS) is 11.8. The van der Waals surface area contributed by atoms with Gasteiger partial charge in [0, 0.05) is 11.9 Å². The summed E-state index contributed by atoms with van der Waals surface area (Å²) in [5.74, 6) is -1.66. The van der Waals surface area contributed by atoms with E-state index in [0.29, 0.717) is 11.3 Å². The summed E-state index contributed by atoms with van der Waals surface area (Å²) in [5.41, 5.74) is 0.926. The number of halogens is 1. The van der Waals surface area contributed by atoms with Gasteiger partial charge < -0.3 is 10.1 Å². The molecule has 1 unspecified atom stereocenters.